The van der Waals surface area contributed by atoms with E-state index in [4.69, 9.17) is 0 Å². The lowest BCUT2D eigenvalue weighted by molar-refractivity contribution is 0.599. The molecule has 0 spiro atoms. The molecule has 0 amide bonds. The number of hydrogen-bond donors (Lipinski definition) is 1. The zero-order valence-electron chi connectivity index (χ0n) is 11.1. The van der Waals surface area contributed by atoms with Gasteiger partial charge in [-0.15, -0.1) is 10.2 Å². The molecule has 1 heterocycles. The van der Waals surface area contributed by atoms with Gasteiger partial charge in [0, 0.05) is 5.56 Å². The minimum Gasteiger partial charge on any atom is -0.253 e. The fourth-order valence-corrected chi connectivity index (χ4v) is 3.73. The standard InChI is InChI=1S/C14H10FN3O2S2/c15-11-6-8-12(9-7-11)22(19,20)18-14-17-16-13(21-14)10-4-2-1-3-5-10/h1-9H,(H,17,18). The maximum atomic E-state index is 12.9. The van der Waals surface area contributed by atoms with Crippen molar-refractivity contribution in [3.63, 3.8) is 0 Å². The van der Waals surface area contributed by atoms with Crippen molar-refractivity contribution in [3.05, 3.63) is 60.4 Å². The van der Waals surface area contributed by atoms with E-state index in [-0.39, 0.29) is 10.0 Å². The molecule has 0 saturated carbocycles. The molecule has 0 aliphatic heterocycles. The Bertz CT molecular complexity index is 878. The van der Waals surface area contributed by atoms with Crippen LogP contribution in [0.3, 0.4) is 0 Å². The minimum atomic E-state index is -3.81. The Morgan fingerprint density at radius 1 is 0.955 bits per heavy atom. The van der Waals surface area contributed by atoms with Crippen LogP contribution in [-0.4, -0.2) is 18.6 Å². The zero-order valence-corrected chi connectivity index (χ0v) is 12.7. The molecule has 3 rings (SSSR count). The van der Waals surface area contributed by atoms with E-state index in [0.717, 1.165) is 29.0 Å². The molecule has 0 aliphatic rings. The molecular weight excluding hydrogens is 325 g/mol. The lowest BCUT2D eigenvalue weighted by Gasteiger charge is -2.03. The van der Waals surface area contributed by atoms with E-state index in [9.17, 15) is 12.8 Å². The van der Waals surface area contributed by atoms with Crippen LogP contribution in [0.1, 0.15) is 0 Å². The van der Waals surface area contributed by atoms with Gasteiger partial charge in [0.05, 0.1) is 4.90 Å². The molecule has 22 heavy (non-hydrogen) atoms. The summed E-state index contributed by atoms with van der Waals surface area (Å²) in [6, 6.07) is 13.9. The van der Waals surface area contributed by atoms with Gasteiger partial charge in [0.1, 0.15) is 10.8 Å². The van der Waals surface area contributed by atoms with E-state index in [1.165, 1.54) is 12.1 Å². The molecule has 8 heteroatoms. The predicted octanol–water partition coefficient (Wildman–Crippen LogP) is 3.15. The number of anilines is 1. The summed E-state index contributed by atoms with van der Waals surface area (Å²) in [6.07, 6.45) is 0. The monoisotopic (exact) mass is 335 g/mol. The van der Waals surface area contributed by atoms with Crippen LogP contribution in [0.15, 0.2) is 59.5 Å². The van der Waals surface area contributed by atoms with Gasteiger partial charge in [0.2, 0.25) is 5.13 Å². The molecule has 0 fully saturated rings. The Balaban J connectivity index is 1.84. The van der Waals surface area contributed by atoms with Gasteiger partial charge >= 0.3 is 0 Å². The average Bonchev–Trinajstić information content (AvgIpc) is 2.96. The summed E-state index contributed by atoms with van der Waals surface area (Å²) in [5.41, 5.74) is 0.854. The fourth-order valence-electron chi connectivity index (χ4n) is 1.75. The molecule has 0 radical (unpaired) electrons. The lowest BCUT2D eigenvalue weighted by Crippen LogP contribution is -2.12. The number of halogens is 1. The zero-order chi connectivity index (χ0) is 15.6. The SMILES string of the molecule is O=S(=O)(Nc1nnc(-c2ccccc2)s1)c1ccc(F)cc1. The summed E-state index contributed by atoms with van der Waals surface area (Å²) >= 11 is 1.12. The first-order chi connectivity index (χ1) is 10.5. The van der Waals surface area contributed by atoms with Crippen LogP contribution in [0.2, 0.25) is 0 Å². The summed E-state index contributed by atoms with van der Waals surface area (Å²) in [5.74, 6) is -0.499. The molecule has 1 N–H and O–H groups in total. The number of hydrogen-bond acceptors (Lipinski definition) is 5. The largest absolute Gasteiger partial charge is 0.263 e. The van der Waals surface area contributed by atoms with Crippen LogP contribution < -0.4 is 4.72 Å². The van der Waals surface area contributed by atoms with Crippen molar-refractivity contribution in [1.82, 2.24) is 10.2 Å². The highest BCUT2D eigenvalue weighted by molar-refractivity contribution is 7.93. The van der Waals surface area contributed by atoms with Crippen LogP contribution >= 0.6 is 11.3 Å². The molecule has 1 aromatic heterocycles. The Hall–Kier alpha value is -2.32. The third-order valence-corrected chi connectivity index (χ3v) is 5.16. The molecule has 0 aliphatic carbocycles. The van der Waals surface area contributed by atoms with Gasteiger partial charge in [0.15, 0.2) is 0 Å². The van der Waals surface area contributed by atoms with Gasteiger partial charge in [-0.1, -0.05) is 41.7 Å². The van der Waals surface area contributed by atoms with Gasteiger partial charge in [0.25, 0.3) is 10.0 Å². The second-order valence-corrected chi connectivity index (χ2v) is 7.00. The summed E-state index contributed by atoms with van der Waals surface area (Å²) < 4.78 is 39.5. The summed E-state index contributed by atoms with van der Waals surface area (Å²) in [5, 5.41) is 8.55. The van der Waals surface area contributed by atoms with Crippen LogP contribution in [0.5, 0.6) is 0 Å². The molecule has 3 aromatic rings. The number of aromatic nitrogens is 2. The lowest BCUT2D eigenvalue weighted by atomic mass is 10.2. The third-order valence-electron chi connectivity index (χ3n) is 2.79. The molecule has 2 aromatic carbocycles. The highest BCUT2D eigenvalue weighted by Crippen LogP contribution is 2.27. The smallest absolute Gasteiger partial charge is 0.253 e. The van der Waals surface area contributed by atoms with Crippen LogP contribution in [-0.2, 0) is 10.0 Å². The van der Waals surface area contributed by atoms with Gasteiger partial charge in [-0.2, -0.15) is 0 Å². The third kappa shape index (κ3) is 3.12. The number of nitrogens with zero attached hydrogens (tertiary/aromatic N) is 2. The molecule has 0 saturated heterocycles. The van der Waals surface area contributed by atoms with Crippen molar-refractivity contribution in [2.75, 3.05) is 4.72 Å². The number of sulfonamides is 1. The number of nitrogens with one attached hydrogen (secondary N) is 1. The van der Waals surface area contributed by atoms with E-state index in [0.29, 0.717) is 5.01 Å². The van der Waals surface area contributed by atoms with E-state index in [1.54, 1.807) is 0 Å². The van der Waals surface area contributed by atoms with Crippen molar-refractivity contribution in [3.8, 4) is 10.6 Å². The Morgan fingerprint density at radius 3 is 2.32 bits per heavy atom. The Morgan fingerprint density at radius 2 is 1.64 bits per heavy atom. The average molecular weight is 335 g/mol. The van der Waals surface area contributed by atoms with E-state index < -0.39 is 15.8 Å². The van der Waals surface area contributed by atoms with Crippen molar-refractivity contribution >= 4 is 26.5 Å². The van der Waals surface area contributed by atoms with E-state index in [2.05, 4.69) is 14.9 Å². The van der Waals surface area contributed by atoms with Crippen molar-refractivity contribution < 1.29 is 12.8 Å². The topological polar surface area (TPSA) is 72.0 Å². The van der Waals surface area contributed by atoms with Crippen molar-refractivity contribution in [2.45, 2.75) is 4.90 Å². The number of rotatable bonds is 4. The van der Waals surface area contributed by atoms with Crippen LogP contribution in [0, 0.1) is 5.82 Å². The highest BCUT2D eigenvalue weighted by Gasteiger charge is 2.17. The Kier molecular flexibility index (Phi) is 3.86. The second kappa shape index (κ2) is 5.82. The maximum absolute atomic E-state index is 12.9. The molecule has 112 valence electrons. The van der Waals surface area contributed by atoms with Gasteiger partial charge < -0.3 is 0 Å². The molecule has 0 bridgehead atoms. The van der Waals surface area contributed by atoms with Crippen molar-refractivity contribution in [1.29, 1.82) is 0 Å². The van der Waals surface area contributed by atoms with Crippen molar-refractivity contribution in [2.24, 2.45) is 0 Å². The fraction of sp³-hybridized carbons (Fsp3) is 0. The Labute approximate surface area is 130 Å². The first-order valence-corrected chi connectivity index (χ1v) is 8.52. The summed E-state index contributed by atoms with van der Waals surface area (Å²) in [7, 11) is -3.81. The van der Waals surface area contributed by atoms with Gasteiger partial charge in [-0.25, -0.2) is 12.8 Å². The second-order valence-electron chi connectivity index (χ2n) is 4.34. The molecular formula is C14H10FN3O2S2. The normalized spacial score (nSPS) is 11.3. The quantitative estimate of drug-likeness (QED) is 0.795. The van der Waals surface area contributed by atoms with Gasteiger partial charge in [-0.3, -0.25) is 4.72 Å². The minimum absolute atomic E-state index is 0.0367. The molecule has 0 unspecified atom stereocenters. The molecule has 5 nitrogen and oxygen atoms in total. The van der Waals surface area contributed by atoms with E-state index in [1.807, 2.05) is 30.3 Å². The van der Waals surface area contributed by atoms with E-state index >= 15 is 0 Å². The molecule has 0 atom stereocenters. The maximum Gasteiger partial charge on any atom is 0.263 e. The van der Waals surface area contributed by atoms with Gasteiger partial charge in [-0.05, 0) is 24.3 Å². The summed E-state index contributed by atoms with van der Waals surface area (Å²) in [4.78, 5) is -0.0367. The predicted molar refractivity (Wildman–Crippen MR) is 82.6 cm³/mol. The van der Waals surface area contributed by atoms with Crippen LogP contribution in [0.25, 0.3) is 10.6 Å². The first-order valence-electron chi connectivity index (χ1n) is 6.22. The highest BCUT2D eigenvalue weighted by atomic mass is 32.2. The number of benzene rings is 2. The first kappa shape index (κ1) is 14.6. The van der Waals surface area contributed by atoms with Crippen LogP contribution in [0.4, 0.5) is 9.52 Å². The summed E-state index contributed by atoms with van der Waals surface area (Å²) in [6.45, 7) is 0.